The molecular formula is C20H27N5O. The summed E-state index contributed by atoms with van der Waals surface area (Å²) in [4.78, 5) is 24.0. The summed E-state index contributed by atoms with van der Waals surface area (Å²) in [5.74, 6) is 0.777. The Morgan fingerprint density at radius 1 is 1.19 bits per heavy atom. The summed E-state index contributed by atoms with van der Waals surface area (Å²) in [5, 5.41) is 9.40. The fourth-order valence-corrected chi connectivity index (χ4v) is 3.72. The Morgan fingerprint density at radius 3 is 2.58 bits per heavy atom. The number of guanidine groups is 1. The zero-order valence-corrected chi connectivity index (χ0v) is 15.7. The number of urea groups is 1. The zero-order chi connectivity index (χ0) is 18.5. The number of nitriles is 1. The van der Waals surface area contributed by atoms with Crippen LogP contribution in [-0.4, -0.2) is 52.5 Å². The molecule has 0 radical (unpaired) electrons. The first kappa shape index (κ1) is 18.2. The Kier molecular flexibility index (Phi) is 5.77. The molecular weight excluding hydrogens is 326 g/mol. The van der Waals surface area contributed by atoms with Gasteiger partial charge in [-0.25, -0.2) is 9.79 Å². The average Bonchev–Trinajstić information content (AvgIpc) is 2.70. The molecule has 0 spiro atoms. The molecule has 2 amide bonds. The number of carbonyl (C=O) groups excluding carboxylic acids is 1. The van der Waals surface area contributed by atoms with E-state index in [1.807, 2.05) is 30.0 Å². The van der Waals surface area contributed by atoms with Crippen molar-refractivity contribution in [1.29, 1.82) is 5.26 Å². The van der Waals surface area contributed by atoms with Crippen LogP contribution in [0.25, 0.3) is 0 Å². The number of piperidine rings is 1. The first-order chi connectivity index (χ1) is 12.7. The molecule has 0 saturated carbocycles. The van der Waals surface area contributed by atoms with Crippen LogP contribution in [0.4, 0.5) is 4.79 Å². The van der Waals surface area contributed by atoms with Gasteiger partial charge in [-0.2, -0.15) is 5.26 Å². The number of aliphatic imine (C=N–C) groups is 1. The minimum absolute atomic E-state index is 0.0114. The third-order valence-electron chi connectivity index (χ3n) is 5.15. The highest BCUT2D eigenvalue weighted by Crippen LogP contribution is 2.23. The van der Waals surface area contributed by atoms with Gasteiger partial charge in [0.1, 0.15) is 6.17 Å². The van der Waals surface area contributed by atoms with Crippen LogP contribution in [0.2, 0.25) is 0 Å². The van der Waals surface area contributed by atoms with Crippen molar-refractivity contribution in [1.82, 2.24) is 14.7 Å². The molecule has 0 N–H and O–H groups in total. The number of hydrogen-bond acceptors (Lipinski definition) is 4. The van der Waals surface area contributed by atoms with E-state index in [9.17, 15) is 10.1 Å². The van der Waals surface area contributed by atoms with Crippen LogP contribution in [0.15, 0.2) is 29.3 Å². The van der Waals surface area contributed by atoms with Gasteiger partial charge in [-0.15, -0.1) is 0 Å². The van der Waals surface area contributed by atoms with E-state index >= 15 is 0 Å². The van der Waals surface area contributed by atoms with Gasteiger partial charge in [0, 0.05) is 19.6 Å². The Labute approximate surface area is 155 Å². The SMILES string of the molecule is CCC1N=C(N2CCCCC2)N(Cc2ccccc2C#N)C(=O)N1CC. The van der Waals surface area contributed by atoms with E-state index in [2.05, 4.69) is 17.9 Å². The number of benzene rings is 1. The van der Waals surface area contributed by atoms with Crippen molar-refractivity contribution in [3.05, 3.63) is 35.4 Å². The fraction of sp³-hybridized carbons (Fsp3) is 0.550. The summed E-state index contributed by atoms with van der Waals surface area (Å²) in [6, 6.07) is 9.70. The van der Waals surface area contributed by atoms with Crippen LogP contribution >= 0.6 is 0 Å². The molecule has 6 nitrogen and oxygen atoms in total. The van der Waals surface area contributed by atoms with Gasteiger partial charge in [-0.1, -0.05) is 25.1 Å². The molecule has 138 valence electrons. The normalized spacial score (nSPS) is 20.8. The second-order valence-electron chi connectivity index (χ2n) is 6.79. The van der Waals surface area contributed by atoms with Crippen molar-refractivity contribution in [2.45, 2.75) is 52.2 Å². The monoisotopic (exact) mass is 353 g/mol. The molecule has 1 atom stereocenters. The third kappa shape index (κ3) is 3.52. The minimum Gasteiger partial charge on any atom is -0.342 e. The number of carbonyl (C=O) groups is 1. The Hall–Kier alpha value is -2.55. The van der Waals surface area contributed by atoms with Crippen molar-refractivity contribution in [3.8, 4) is 6.07 Å². The topological polar surface area (TPSA) is 62.9 Å². The van der Waals surface area contributed by atoms with Crippen molar-refractivity contribution < 1.29 is 4.79 Å². The summed E-state index contributed by atoms with van der Waals surface area (Å²) in [5.41, 5.74) is 1.47. The lowest BCUT2D eigenvalue weighted by molar-refractivity contribution is 0.134. The van der Waals surface area contributed by atoms with Crippen LogP contribution < -0.4 is 0 Å². The molecule has 0 aromatic heterocycles. The van der Waals surface area contributed by atoms with Gasteiger partial charge >= 0.3 is 6.03 Å². The smallest absolute Gasteiger partial charge is 0.328 e. The van der Waals surface area contributed by atoms with Crippen molar-refractivity contribution in [2.24, 2.45) is 4.99 Å². The maximum Gasteiger partial charge on any atom is 0.328 e. The molecule has 1 fully saturated rings. The predicted octanol–water partition coefficient (Wildman–Crippen LogP) is 3.39. The van der Waals surface area contributed by atoms with E-state index in [0.717, 1.165) is 43.9 Å². The van der Waals surface area contributed by atoms with Gasteiger partial charge < -0.3 is 9.80 Å². The maximum absolute atomic E-state index is 13.2. The van der Waals surface area contributed by atoms with Gasteiger partial charge in [-0.05, 0) is 44.2 Å². The molecule has 3 rings (SSSR count). The second kappa shape index (κ2) is 8.22. The van der Waals surface area contributed by atoms with E-state index < -0.39 is 0 Å². The van der Waals surface area contributed by atoms with Crippen LogP contribution in [0.5, 0.6) is 0 Å². The standard InChI is InChI=1S/C20H27N5O/c1-3-18-22-19(23-12-8-5-9-13-23)25(20(26)24(18)4-2)15-17-11-7-6-10-16(17)14-21/h6-7,10-11,18H,3-5,8-9,12-13,15H2,1-2H3. The molecule has 1 aromatic carbocycles. The highest BCUT2D eigenvalue weighted by Gasteiger charge is 2.36. The molecule has 1 saturated heterocycles. The van der Waals surface area contributed by atoms with Crippen LogP contribution in [-0.2, 0) is 6.54 Å². The Bertz CT molecular complexity index is 717. The largest absolute Gasteiger partial charge is 0.342 e. The lowest BCUT2D eigenvalue weighted by atomic mass is 10.1. The summed E-state index contributed by atoms with van der Waals surface area (Å²) in [6.07, 6.45) is 4.19. The fourth-order valence-electron chi connectivity index (χ4n) is 3.72. The molecule has 6 heteroatoms. The molecule has 1 aromatic rings. The van der Waals surface area contributed by atoms with Gasteiger partial charge in [0.25, 0.3) is 0 Å². The van der Waals surface area contributed by atoms with Gasteiger partial charge in [0.2, 0.25) is 5.96 Å². The second-order valence-corrected chi connectivity index (χ2v) is 6.79. The van der Waals surface area contributed by atoms with Crippen LogP contribution in [0, 0.1) is 11.3 Å². The average molecular weight is 353 g/mol. The molecule has 2 aliphatic heterocycles. The van der Waals surface area contributed by atoms with Crippen molar-refractivity contribution >= 4 is 12.0 Å². The molecule has 0 bridgehead atoms. The van der Waals surface area contributed by atoms with Crippen molar-refractivity contribution in [3.63, 3.8) is 0 Å². The van der Waals surface area contributed by atoms with E-state index in [0.29, 0.717) is 18.7 Å². The van der Waals surface area contributed by atoms with E-state index in [1.54, 1.807) is 11.0 Å². The number of likely N-dealkylation sites (tertiary alicyclic amines) is 1. The zero-order valence-electron chi connectivity index (χ0n) is 15.7. The van der Waals surface area contributed by atoms with Gasteiger partial charge in [0.05, 0.1) is 18.2 Å². The molecule has 1 unspecified atom stereocenters. The summed E-state index contributed by atoms with van der Waals surface area (Å²) >= 11 is 0. The summed E-state index contributed by atoms with van der Waals surface area (Å²) in [7, 11) is 0. The Balaban J connectivity index is 1.97. The molecule has 26 heavy (non-hydrogen) atoms. The number of amides is 2. The third-order valence-corrected chi connectivity index (χ3v) is 5.15. The maximum atomic E-state index is 13.2. The first-order valence-electron chi connectivity index (χ1n) is 9.58. The van der Waals surface area contributed by atoms with Gasteiger partial charge in [-0.3, -0.25) is 4.90 Å². The highest BCUT2D eigenvalue weighted by atomic mass is 16.2. The number of rotatable bonds is 4. The number of nitrogens with zero attached hydrogens (tertiary/aromatic N) is 5. The first-order valence-corrected chi connectivity index (χ1v) is 9.58. The lowest BCUT2D eigenvalue weighted by Crippen LogP contribution is -2.59. The van der Waals surface area contributed by atoms with E-state index in [1.165, 1.54) is 6.42 Å². The highest BCUT2D eigenvalue weighted by molar-refractivity contribution is 5.98. The molecule has 2 aliphatic rings. The molecule has 0 aliphatic carbocycles. The minimum atomic E-state index is -0.105. The molecule has 2 heterocycles. The summed E-state index contributed by atoms with van der Waals surface area (Å²) in [6.45, 7) is 6.94. The quantitative estimate of drug-likeness (QED) is 0.833. The predicted molar refractivity (Wildman–Crippen MR) is 101 cm³/mol. The van der Waals surface area contributed by atoms with Crippen LogP contribution in [0.3, 0.4) is 0 Å². The Morgan fingerprint density at radius 2 is 1.92 bits per heavy atom. The van der Waals surface area contributed by atoms with E-state index in [4.69, 9.17) is 4.99 Å². The van der Waals surface area contributed by atoms with Crippen LogP contribution in [0.1, 0.15) is 50.7 Å². The van der Waals surface area contributed by atoms with Crippen molar-refractivity contribution in [2.75, 3.05) is 19.6 Å². The summed E-state index contributed by atoms with van der Waals surface area (Å²) < 4.78 is 0. The van der Waals surface area contributed by atoms with E-state index in [-0.39, 0.29) is 12.2 Å². The van der Waals surface area contributed by atoms with Gasteiger partial charge in [0.15, 0.2) is 0 Å². The number of hydrogen-bond donors (Lipinski definition) is 0. The lowest BCUT2D eigenvalue weighted by Gasteiger charge is -2.43.